The van der Waals surface area contributed by atoms with Gasteiger partial charge >= 0.3 is 0 Å². The van der Waals surface area contributed by atoms with Gasteiger partial charge in [-0.2, -0.15) is 0 Å². The SMILES string of the molecule is CN1CCCC1CNc1ncnc(N)c1C(=N)c1ccc(Oc2ccccc2)cc1F. The highest BCUT2D eigenvalue weighted by Crippen LogP contribution is 2.27. The van der Waals surface area contributed by atoms with E-state index in [0.717, 1.165) is 19.4 Å². The Kier molecular flexibility index (Phi) is 6.08. The molecule has 2 heterocycles. The number of nitrogen functional groups attached to an aromatic ring is 1. The molecule has 0 amide bonds. The molecule has 0 spiro atoms. The average Bonchev–Trinajstić information content (AvgIpc) is 3.17. The summed E-state index contributed by atoms with van der Waals surface area (Å²) in [6.45, 7) is 1.73. The monoisotopic (exact) mass is 420 g/mol. The van der Waals surface area contributed by atoms with E-state index >= 15 is 0 Å². The predicted molar refractivity (Wildman–Crippen MR) is 119 cm³/mol. The minimum Gasteiger partial charge on any atom is -0.457 e. The van der Waals surface area contributed by atoms with Crippen molar-refractivity contribution in [2.75, 3.05) is 31.2 Å². The van der Waals surface area contributed by atoms with Crippen molar-refractivity contribution in [2.45, 2.75) is 18.9 Å². The second-order valence-corrected chi connectivity index (χ2v) is 7.57. The highest BCUT2D eigenvalue weighted by Gasteiger charge is 2.23. The number of ether oxygens (including phenoxy) is 1. The molecule has 8 heteroatoms. The molecule has 1 fully saturated rings. The average molecular weight is 420 g/mol. The number of nitrogens with zero attached hydrogens (tertiary/aromatic N) is 3. The molecule has 1 atom stereocenters. The van der Waals surface area contributed by atoms with Crippen LogP contribution in [-0.2, 0) is 0 Å². The first-order valence-electron chi connectivity index (χ1n) is 10.2. The Balaban J connectivity index is 1.56. The third-order valence-electron chi connectivity index (χ3n) is 5.49. The number of hydrogen-bond acceptors (Lipinski definition) is 7. The molecule has 1 saturated heterocycles. The zero-order valence-electron chi connectivity index (χ0n) is 17.3. The van der Waals surface area contributed by atoms with Crippen molar-refractivity contribution in [3.05, 3.63) is 71.8 Å². The van der Waals surface area contributed by atoms with Crippen LogP contribution in [0.5, 0.6) is 11.5 Å². The van der Waals surface area contributed by atoms with Crippen molar-refractivity contribution in [1.29, 1.82) is 5.41 Å². The van der Waals surface area contributed by atoms with Gasteiger partial charge in [0, 0.05) is 24.2 Å². The lowest BCUT2D eigenvalue weighted by Gasteiger charge is -2.21. The lowest BCUT2D eigenvalue weighted by molar-refractivity contribution is 0.322. The molecule has 0 aliphatic carbocycles. The van der Waals surface area contributed by atoms with Crippen molar-refractivity contribution in [1.82, 2.24) is 14.9 Å². The Morgan fingerprint density at radius 2 is 2.03 bits per heavy atom. The summed E-state index contributed by atoms with van der Waals surface area (Å²) >= 11 is 0. The van der Waals surface area contributed by atoms with Crippen molar-refractivity contribution in [2.24, 2.45) is 0 Å². The Labute approximate surface area is 180 Å². The molecule has 2 aromatic carbocycles. The summed E-state index contributed by atoms with van der Waals surface area (Å²) in [4.78, 5) is 10.6. The lowest BCUT2D eigenvalue weighted by Crippen LogP contribution is -2.32. The molecule has 160 valence electrons. The number of rotatable bonds is 7. The van der Waals surface area contributed by atoms with Crippen LogP contribution in [-0.4, -0.2) is 46.8 Å². The van der Waals surface area contributed by atoms with Gasteiger partial charge in [0.15, 0.2) is 0 Å². The molecule has 7 nitrogen and oxygen atoms in total. The first kappa shape index (κ1) is 20.7. The number of aromatic nitrogens is 2. The number of likely N-dealkylation sites (tertiary alicyclic amines) is 1. The molecule has 0 radical (unpaired) electrons. The fourth-order valence-electron chi connectivity index (χ4n) is 3.75. The number of halogens is 1. The van der Waals surface area contributed by atoms with Gasteiger partial charge in [-0.1, -0.05) is 18.2 Å². The van der Waals surface area contributed by atoms with E-state index in [1.165, 1.54) is 18.5 Å². The van der Waals surface area contributed by atoms with Gasteiger partial charge in [-0.3, -0.25) is 5.41 Å². The van der Waals surface area contributed by atoms with E-state index in [9.17, 15) is 4.39 Å². The van der Waals surface area contributed by atoms with E-state index < -0.39 is 5.82 Å². The molecule has 1 aliphatic rings. The maximum Gasteiger partial charge on any atom is 0.141 e. The zero-order valence-corrected chi connectivity index (χ0v) is 17.3. The molecular weight excluding hydrogens is 395 g/mol. The highest BCUT2D eigenvalue weighted by atomic mass is 19.1. The molecule has 3 aromatic rings. The maximum absolute atomic E-state index is 14.9. The van der Waals surface area contributed by atoms with Crippen molar-refractivity contribution >= 4 is 17.3 Å². The topological polar surface area (TPSA) is 100 Å². The van der Waals surface area contributed by atoms with Crippen LogP contribution in [0.25, 0.3) is 0 Å². The summed E-state index contributed by atoms with van der Waals surface area (Å²) in [5.74, 6) is 0.935. The number of hydrogen-bond donors (Lipinski definition) is 3. The van der Waals surface area contributed by atoms with Crippen LogP contribution >= 0.6 is 0 Å². The molecule has 0 saturated carbocycles. The van der Waals surface area contributed by atoms with Gasteiger partial charge in [0.1, 0.15) is 35.3 Å². The smallest absolute Gasteiger partial charge is 0.141 e. The van der Waals surface area contributed by atoms with E-state index in [0.29, 0.717) is 35.5 Å². The number of likely N-dealkylation sites (N-methyl/N-ethyl adjacent to an activating group) is 1. The number of nitrogens with one attached hydrogen (secondary N) is 2. The first-order valence-corrected chi connectivity index (χ1v) is 10.2. The quantitative estimate of drug-likeness (QED) is 0.501. The van der Waals surface area contributed by atoms with E-state index in [4.69, 9.17) is 15.9 Å². The van der Waals surface area contributed by atoms with Crippen LogP contribution in [0.2, 0.25) is 0 Å². The standard InChI is InChI=1S/C23H25FN6O/c1-30-11-5-6-15(30)13-27-23-20(22(26)28-14-29-23)21(25)18-10-9-17(12-19(18)24)31-16-7-3-2-4-8-16/h2-4,7-10,12,14-15,25H,5-6,11,13H2,1H3,(H3,26,27,28,29). The molecular formula is C23H25FN6O. The van der Waals surface area contributed by atoms with Crippen LogP contribution in [0, 0.1) is 11.2 Å². The zero-order chi connectivity index (χ0) is 21.8. The second-order valence-electron chi connectivity index (χ2n) is 7.57. The van der Waals surface area contributed by atoms with Gasteiger partial charge < -0.3 is 20.7 Å². The number of anilines is 2. The van der Waals surface area contributed by atoms with Crippen molar-refractivity contribution < 1.29 is 9.13 Å². The van der Waals surface area contributed by atoms with Crippen molar-refractivity contribution in [3.8, 4) is 11.5 Å². The Morgan fingerprint density at radius 1 is 1.23 bits per heavy atom. The van der Waals surface area contributed by atoms with Gasteiger partial charge in [-0.05, 0) is 50.7 Å². The van der Waals surface area contributed by atoms with Crippen LogP contribution in [0.3, 0.4) is 0 Å². The predicted octanol–water partition coefficient (Wildman–Crippen LogP) is 3.91. The Hall–Kier alpha value is -3.52. The first-order chi connectivity index (χ1) is 15.0. The van der Waals surface area contributed by atoms with E-state index in [2.05, 4.69) is 27.2 Å². The Morgan fingerprint density at radius 3 is 2.74 bits per heavy atom. The van der Waals surface area contributed by atoms with Gasteiger partial charge in [-0.15, -0.1) is 0 Å². The van der Waals surface area contributed by atoms with Crippen LogP contribution in [0.15, 0.2) is 54.9 Å². The molecule has 31 heavy (non-hydrogen) atoms. The second kappa shape index (κ2) is 9.09. The molecule has 4 N–H and O–H groups in total. The molecule has 1 aromatic heterocycles. The van der Waals surface area contributed by atoms with Gasteiger partial charge in [0.05, 0.1) is 11.3 Å². The van der Waals surface area contributed by atoms with Crippen LogP contribution < -0.4 is 15.8 Å². The minimum absolute atomic E-state index is 0.0795. The number of benzene rings is 2. The summed E-state index contributed by atoms with van der Waals surface area (Å²) in [5.41, 5.74) is 6.37. The van der Waals surface area contributed by atoms with E-state index in [1.54, 1.807) is 18.2 Å². The largest absolute Gasteiger partial charge is 0.457 e. The third kappa shape index (κ3) is 4.64. The maximum atomic E-state index is 14.9. The summed E-state index contributed by atoms with van der Waals surface area (Å²) in [5, 5.41) is 11.9. The summed E-state index contributed by atoms with van der Waals surface area (Å²) in [6.07, 6.45) is 3.59. The highest BCUT2D eigenvalue weighted by molar-refractivity contribution is 6.16. The summed E-state index contributed by atoms with van der Waals surface area (Å²) in [7, 11) is 2.09. The Bertz CT molecular complexity index is 1070. The van der Waals surface area contributed by atoms with E-state index in [-0.39, 0.29) is 17.1 Å². The fourth-order valence-corrected chi connectivity index (χ4v) is 3.75. The molecule has 0 bridgehead atoms. The van der Waals surface area contributed by atoms with Gasteiger partial charge in [-0.25, -0.2) is 14.4 Å². The minimum atomic E-state index is -0.580. The van der Waals surface area contributed by atoms with Crippen LogP contribution in [0.1, 0.15) is 24.0 Å². The molecule has 1 aliphatic heterocycles. The van der Waals surface area contributed by atoms with Gasteiger partial charge in [0.25, 0.3) is 0 Å². The van der Waals surface area contributed by atoms with E-state index in [1.807, 2.05) is 18.2 Å². The number of nitrogens with two attached hydrogens (primary N) is 1. The van der Waals surface area contributed by atoms with Crippen molar-refractivity contribution in [3.63, 3.8) is 0 Å². The summed E-state index contributed by atoms with van der Waals surface area (Å²) in [6, 6.07) is 13.9. The van der Waals surface area contributed by atoms with Crippen LogP contribution in [0.4, 0.5) is 16.0 Å². The molecule has 4 rings (SSSR count). The van der Waals surface area contributed by atoms with Gasteiger partial charge in [0.2, 0.25) is 0 Å². The lowest BCUT2D eigenvalue weighted by atomic mass is 10.0. The number of para-hydroxylation sites is 1. The third-order valence-corrected chi connectivity index (χ3v) is 5.49. The molecule has 1 unspecified atom stereocenters. The fraction of sp³-hybridized carbons (Fsp3) is 0.261. The normalized spacial score (nSPS) is 16.3. The summed E-state index contributed by atoms with van der Waals surface area (Å²) < 4.78 is 20.6.